The number of aromatic amines is 1. The molecule has 5 nitrogen and oxygen atoms in total. The van der Waals surface area contributed by atoms with Crippen molar-refractivity contribution in [3.8, 4) is 17.1 Å². The quantitative estimate of drug-likeness (QED) is 0.539. The molecule has 0 saturated heterocycles. The number of phenolic OH excluding ortho intramolecular Hbond substituents is 1. The molecule has 3 rings (SSSR count). The van der Waals surface area contributed by atoms with Crippen LogP contribution in [-0.4, -0.2) is 26.2 Å². The molecule has 1 heterocycles. The molecule has 0 bridgehead atoms. The second-order valence-electron chi connectivity index (χ2n) is 6.83. The zero-order valence-electron chi connectivity index (χ0n) is 14.4. The number of aromatic nitrogens is 3. The first kappa shape index (κ1) is 17.1. The number of nitrogens with zero attached hydrogens (tertiary/aromatic N) is 3. The third-order valence-corrected chi connectivity index (χ3v) is 4.14. The van der Waals surface area contributed by atoms with Crippen molar-refractivity contribution in [1.82, 2.24) is 14.9 Å². The lowest BCUT2D eigenvalue weighted by atomic mass is 9.87. The number of H-pyrrole nitrogens is 1. The van der Waals surface area contributed by atoms with Gasteiger partial charge in [0.2, 0.25) is 4.77 Å². The molecule has 0 unspecified atom stereocenters. The maximum atomic E-state index is 9.34. The van der Waals surface area contributed by atoms with Crippen LogP contribution in [0, 0.1) is 4.77 Å². The van der Waals surface area contributed by atoms with E-state index in [2.05, 4.69) is 48.2 Å². The van der Waals surface area contributed by atoms with E-state index < -0.39 is 0 Å². The highest BCUT2D eigenvalue weighted by Gasteiger charge is 2.14. The average Bonchev–Trinajstić information content (AvgIpc) is 2.94. The molecule has 0 fully saturated rings. The first-order valence-electron chi connectivity index (χ1n) is 7.96. The summed E-state index contributed by atoms with van der Waals surface area (Å²) >= 11 is 5.29. The van der Waals surface area contributed by atoms with Crippen molar-refractivity contribution in [2.45, 2.75) is 26.2 Å². The monoisotopic (exact) mass is 352 g/mol. The third-order valence-electron chi connectivity index (χ3n) is 3.87. The Bertz CT molecular complexity index is 945. The van der Waals surface area contributed by atoms with Gasteiger partial charge < -0.3 is 5.11 Å². The lowest BCUT2D eigenvalue weighted by Crippen LogP contribution is -2.10. The van der Waals surface area contributed by atoms with Crippen molar-refractivity contribution in [2.75, 3.05) is 0 Å². The maximum absolute atomic E-state index is 9.34. The number of benzene rings is 2. The second kappa shape index (κ2) is 6.64. The minimum Gasteiger partial charge on any atom is -0.508 e. The molecule has 0 saturated carbocycles. The van der Waals surface area contributed by atoms with E-state index >= 15 is 0 Å². The van der Waals surface area contributed by atoms with E-state index in [1.165, 1.54) is 5.56 Å². The van der Waals surface area contributed by atoms with Crippen LogP contribution in [0.25, 0.3) is 11.4 Å². The first-order chi connectivity index (χ1) is 11.8. The van der Waals surface area contributed by atoms with Crippen LogP contribution in [0.4, 0.5) is 0 Å². The van der Waals surface area contributed by atoms with Gasteiger partial charge in [-0.1, -0.05) is 45.0 Å². The highest BCUT2D eigenvalue weighted by Crippen LogP contribution is 2.25. The molecular weight excluding hydrogens is 332 g/mol. The van der Waals surface area contributed by atoms with Crippen LogP contribution in [0.2, 0.25) is 0 Å². The Morgan fingerprint density at radius 3 is 2.32 bits per heavy atom. The summed E-state index contributed by atoms with van der Waals surface area (Å²) in [6.45, 7) is 6.54. The van der Waals surface area contributed by atoms with E-state index in [9.17, 15) is 5.11 Å². The topological polar surface area (TPSA) is 66.2 Å². The minimum absolute atomic E-state index is 0.0975. The zero-order valence-corrected chi connectivity index (χ0v) is 15.2. The third kappa shape index (κ3) is 3.85. The summed E-state index contributed by atoms with van der Waals surface area (Å²) in [6, 6.07) is 15.0. The molecule has 0 aliphatic heterocycles. The maximum Gasteiger partial charge on any atom is 0.216 e. The fourth-order valence-electron chi connectivity index (χ4n) is 2.39. The Hall–Kier alpha value is -2.73. The average molecular weight is 352 g/mol. The summed E-state index contributed by atoms with van der Waals surface area (Å²) in [4.78, 5) is 0. The number of phenols is 1. The Morgan fingerprint density at radius 2 is 1.72 bits per heavy atom. The van der Waals surface area contributed by atoms with Gasteiger partial charge in [-0.25, -0.2) is 5.10 Å². The Labute approximate surface area is 151 Å². The predicted octanol–water partition coefficient (Wildman–Crippen LogP) is 4.49. The van der Waals surface area contributed by atoms with E-state index in [-0.39, 0.29) is 11.2 Å². The molecule has 25 heavy (non-hydrogen) atoms. The van der Waals surface area contributed by atoms with E-state index in [1.807, 2.05) is 12.1 Å². The van der Waals surface area contributed by atoms with Crippen molar-refractivity contribution in [3.05, 3.63) is 64.4 Å². The summed E-state index contributed by atoms with van der Waals surface area (Å²) in [5.41, 5.74) is 3.14. The fourth-order valence-corrected chi connectivity index (χ4v) is 2.57. The van der Waals surface area contributed by atoms with Crippen LogP contribution in [0.15, 0.2) is 53.6 Å². The summed E-state index contributed by atoms with van der Waals surface area (Å²) < 4.78 is 2.01. The lowest BCUT2D eigenvalue weighted by Gasteiger charge is -2.18. The number of hydrogen-bond donors (Lipinski definition) is 2. The van der Waals surface area contributed by atoms with Gasteiger partial charge in [-0.2, -0.15) is 14.9 Å². The highest BCUT2D eigenvalue weighted by atomic mass is 32.1. The van der Waals surface area contributed by atoms with Crippen molar-refractivity contribution in [1.29, 1.82) is 0 Å². The van der Waals surface area contributed by atoms with Crippen LogP contribution < -0.4 is 0 Å². The predicted molar refractivity (Wildman–Crippen MR) is 103 cm³/mol. The smallest absolute Gasteiger partial charge is 0.216 e. The zero-order chi connectivity index (χ0) is 18.0. The molecule has 0 aliphatic rings. The van der Waals surface area contributed by atoms with E-state index in [4.69, 9.17) is 12.2 Å². The van der Waals surface area contributed by atoms with Crippen molar-refractivity contribution in [3.63, 3.8) is 0 Å². The van der Waals surface area contributed by atoms with Crippen molar-refractivity contribution >= 4 is 18.4 Å². The SMILES string of the molecule is CC(C)(C)c1ccc(-c2n[nH]c(=S)n2N=Cc2ccc(O)cc2)cc1. The van der Waals surface area contributed by atoms with E-state index in [1.54, 1.807) is 35.2 Å². The number of aromatic hydroxyl groups is 1. The molecule has 0 amide bonds. The van der Waals surface area contributed by atoms with Crippen LogP contribution in [0.3, 0.4) is 0 Å². The normalized spacial score (nSPS) is 12.0. The molecular formula is C19H20N4OS. The molecule has 0 aliphatic carbocycles. The molecule has 0 radical (unpaired) electrons. The number of hydrogen-bond acceptors (Lipinski definition) is 4. The van der Waals surface area contributed by atoms with Crippen molar-refractivity contribution in [2.24, 2.45) is 5.10 Å². The first-order valence-corrected chi connectivity index (χ1v) is 8.37. The lowest BCUT2D eigenvalue weighted by molar-refractivity contribution is 0.475. The molecule has 3 aromatic rings. The van der Waals surface area contributed by atoms with Gasteiger partial charge in [-0.05, 0) is 53.0 Å². The Morgan fingerprint density at radius 1 is 1.08 bits per heavy atom. The van der Waals surface area contributed by atoms with Crippen LogP contribution in [0.5, 0.6) is 5.75 Å². The number of rotatable bonds is 3. The van der Waals surface area contributed by atoms with Gasteiger partial charge in [0.25, 0.3) is 0 Å². The minimum atomic E-state index is 0.0975. The molecule has 0 spiro atoms. The summed E-state index contributed by atoms with van der Waals surface area (Å²) in [6.07, 6.45) is 1.68. The van der Waals surface area contributed by atoms with Crippen LogP contribution in [-0.2, 0) is 5.41 Å². The van der Waals surface area contributed by atoms with Gasteiger partial charge in [-0.3, -0.25) is 0 Å². The van der Waals surface area contributed by atoms with Gasteiger partial charge in [0, 0.05) is 5.56 Å². The summed E-state index contributed by atoms with van der Waals surface area (Å²) in [7, 11) is 0. The van der Waals surface area contributed by atoms with E-state index in [0.717, 1.165) is 11.1 Å². The molecule has 6 heteroatoms. The molecule has 2 N–H and O–H groups in total. The largest absolute Gasteiger partial charge is 0.508 e. The molecule has 1 aromatic heterocycles. The Kier molecular flexibility index (Phi) is 4.55. The second-order valence-corrected chi connectivity index (χ2v) is 7.21. The van der Waals surface area contributed by atoms with Gasteiger partial charge in [0.1, 0.15) is 5.75 Å². The van der Waals surface area contributed by atoms with Gasteiger partial charge in [0.15, 0.2) is 5.82 Å². The Balaban J connectivity index is 1.94. The molecule has 0 atom stereocenters. The van der Waals surface area contributed by atoms with E-state index in [0.29, 0.717) is 10.6 Å². The standard InChI is InChI=1S/C19H20N4OS/c1-19(2,3)15-8-6-14(7-9-15)17-21-22-18(25)23(17)20-12-13-4-10-16(24)11-5-13/h4-12,24H,1-3H3,(H,22,25). The summed E-state index contributed by atoms with van der Waals surface area (Å²) in [5, 5.41) is 20.9. The van der Waals surface area contributed by atoms with Gasteiger partial charge >= 0.3 is 0 Å². The van der Waals surface area contributed by atoms with Crippen LogP contribution >= 0.6 is 12.2 Å². The molecule has 128 valence electrons. The van der Waals surface area contributed by atoms with Gasteiger partial charge in [0.05, 0.1) is 6.21 Å². The van der Waals surface area contributed by atoms with Crippen molar-refractivity contribution < 1.29 is 5.11 Å². The number of nitrogens with one attached hydrogen (secondary N) is 1. The summed E-state index contributed by atoms with van der Waals surface area (Å²) in [5.74, 6) is 0.872. The molecule has 2 aromatic carbocycles. The fraction of sp³-hybridized carbons (Fsp3) is 0.211. The van der Waals surface area contributed by atoms with Crippen LogP contribution in [0.1, 0.15) is 31.9 Å². The van der Waals surface area contributed by atoms with Gasteiger partial charge in [-0.15, -0.1) is 0 Å². The highest BCUT2D eigenvalue weighted by molar-refractivity contribution is 7.71.